The molecular formula is C28H32FN4O2PS. The molecule has 2 heterocycles. The third kappa shape index (κ3) is 6.28. The molecule has 2 aromatic carbocycles. The van der Waals surface area contributed by atoms with Crippen LogP contribution in [-0.2, 0) is 11.0 Å². The summed E-state index contributed by atoms with van der Waals surface area (Å²) in [6.45, 7) is 5.01. The van der Waals surface area contributed by atoms with Gasteiger partial charge in [0, 0.05) is 34.8 Å². The zero-order valence-corrected chi connectivity index (χ0v) is 23.1. The van der Waals surface area contributed by atoms with E-state index in [-0.39, 0.29) is 25.1 Å². The summed E-state index contributed by atoms with van der Waals surface area (Å²) in [6.07, 6.45) is 1.13. The summed E-state index contributed by atoms with van der Waals surface area (Å²) in [5.74, 6) is 6.98. The van der Waals surface area contributed by atoms with Crippen LogP contribution in [0.5, 0.6) is 5.75 Å². The lowest BCUT2D eigenvalue weighted by atomic mass is 9.94. The number of hydrogen-bond donors (Lipinski definition) is 3. The maximum Gasteiger partial charge on any atom is 0.142 e. The van der Waals surface area contributed by atoms with Gasteiger partial charge in [0.1, 0.15) is 12.9 Å². The van der Waals surface area contributed by atoms with Gasteiger partial charge < -0.3 is 25.3 Å². The molecule has 0 spiro atoms. The van der Waals surface area contributed by atoms with E-state index >= 15 is 0 Å². The van der Waals surface area contributed by atoms with E-state index in [1.54, 1.807) is 37.8 Å². The van der Waals surface area contributed by atoms with Gasteiger partial charge in [0.15, 0.2) is 0 Å². The molecule has 1 aromatic heterocycles. The Morgan fingerprint density at radius 1 is 1.27 bits per heavy atom. The number of ether oxygens (including phenoxy) is 1. The predicted molar refractivity (Wildman–Crippen MR) is 153 cm³/mol. The van der Waals surface area contributed by atoms with Crippen molar-refractivity contribution in [1.29, 1.82) is 5.26 Å². The third-order valence-corrected chi connectivity index (χ3v) is 9.32. The van der Waals surface area contributed by atoms with Gasteiger partial charge in [-0.25, -0.2) is 0 Å². The Labute approximate surface area is 222 Å². The summed E-state index contributed by atoms with van der Waals surface area (Å²) in [6, 6.07) is 13.9. The maximum atomic E-state index is 13.6. The summed E-state index contributed by atoms with van der Waals surface area (Å²) in [5, 5.41) is 21.4. The summed E-state index contributed by atoms with van der Waals surface area (Å²) in [4.78, 5) is 0.861. The average Bonchev–Trinajstić information content (AvgIpc) is 3.24. The number of methoxy groups -OCH3 is 1. The highest BCUT2D eigenvalue weighted by Crippen LogP contribution is 2.38. The molecule has 4 rings (SSSR count). The topological polar surface area (TPSA) is 86.2 Å². The summed E-state index contributed by atoms with van der Waals surface area (Å²) in [7, 11) is -0.800. The monoisotopic (exact) mass is 538 g/mol. The number of thiophene rings is 1. The summed E-state index contributed by atoms with van der Waals surface area (Å²) >= 11 is 1.57. The van der Waals surface area contributed by atoms with Crippen LogP contribution >= 0.6 is 18.5 Å². The molecule has 1 aliphatic rings. The molecule has 9 heteroatoms. The fraction of sp³-hybridized carbons (Fsp3) is 0.393. The van der Waals surface area contributed by atoms with Gasteiger partial charge in [-0.2, -0.15) is 5.26 Å². The Balaban J connectivity index is 1.57. The van der Waals surface area contributed by atoms with E-state index in [9.17, 15) is 14.2 Å². The van der Waals surface area contributed by atoms with E-state index in [0.29, 0.717) is 18.8 Å². The number of nitrogens with one attached hydrogen (secondary N) is 3. The molecule has 1 fully saturated rings. The molecule has 0 saturated carbocycles. The average molecular weight is 539 g/mol. The van der Waals surface area contributed by atoms with E-state index in [0.717, 1.165) is 50.2 Å². The molecule has 0 radical (unpaired) electrons. The molecule has 1 aliphatic heterocycles. The molecular weight excluding hydrogens is 506 g/mol. The molecule has 1 saturated heterocycles. The van der Waals surface area contributed by atoms with Crippen LogP contribution in [0.4, 0.5) is 15.8 Å². The zero-order valence-electron chi connectivity index (χ0n) is 21.4. The summed E-state index contributed by atoms with van der Waals surface area (Å²) in [5.41, 5.74) is 2.67. The smallest absolute Gasteiger partial charge is 0.142 e. The third-order valence-electron chi connectivity index (χ3n) is 6.60. The number of hydrogen-bond acceptors (Lipinski definition) is 7. The van der Waals surface area contributed by atoms with Gasteiger partial charge in [-0.05, 0) is 50.6 Å². The summed E-state index contributed by atoms with van der Waals surface area (Å²) < 4.78 is 32.5. The number of piperidine rings is 1. The van der Waals surface area contributed by atoms with E-state index < -0.39 is 7.14 Å². The van der Waals surface area contributed by atoms with Crippen LogP contribution in [0.15, 0.2) is 36.4 Å². The molecule has 3 aromatic rings. The van der Waals surface area contributed by atoms with Crippen LogP contribution in [0.2, 0.25) is 0 Å². The second-order valence-electron chi connectivity index (χ2n) is 9.48. The number of rotatable bonds is 8. The highest BCUT2D eigenvalue weighted by molar-refractivity contribution is 7.70. The van der Waals surface area contributed by atoms with Crippen molar-refractivity contribution in [3.8, 4) is 23.7 Å². The van der Waals surface area contributed by atoms with Gasteiger partial charge in [0.05, 0.1) is 53.8 Å². The zero-order chi connectivity index (χ0) is 26.4. The number of anilines is 2. The molecule has 37 heavy (non-hydrogen) atoms. The molecule has 2 unspecified atom stereocenters. The number of fused-ring (bicyclic) bond motifs is 1. The number of nitriles is 1. The van der Waals surface area contributed by atoms with Crippen LogP contribution in [0.25, 0.3) is 10.1 Å². The largest absolute Gasteiger partial charge is 0.495 e. The fourth-order valence-electron chi connectivity index (χ4n) is 4.54. The van der Waals surface area contributed by atoms with Crippen LogP contribution in [0, 0.1) is 29.1 Å². The SMILES string of the molecule is COc1cc(P(C)(C)=O)ccc1NCC#Cc1sc2c(NC3CCNCC3CF)cccc2c1CC#N. The van der Waals surface area contributed by atoms with E-state index in [4.69, 9.17) is 4.74 Å². The van der Waals surface area contributed by atoms with E-state index in [2.05, 4.69) is 33.9 Å². The molecule has 0 bridgehead atoms. The van der Waals surface area contributed by atoms with Crippen molar-refractivity contribution in [2.45, 2.75) is 18.9 Å². The second kappa shape index (κ2) is 12.0. The van der Waals surface area contributed by atoms with Crippen LogP contribution < -0.4 is 26.0 Å². The number of halogens is 1. The fourth-order valence-corrected chi connectivity index (χ4v) is 6.57. The second-order valence-corrected chi connectivity index (χ2v) is 13.7. The first-order chi connectivity index (χ1) is 17.9. The van der Waals surface area contributed by atoms with E-state index in [1.807, 2.05) is 30.3 Å². The van der Waals surface area contributed by atoms with Crippen LogP contribution in [0.3, 0.4) is 0 Å². The lowest BCUT2D eigenvalue weighted by Crippen LogP contribution is -2.44. The molecule has 2 atom stereocenters. The minimum atomic E-state index is -2.39. The maximum absolute atomic E-state index is 13.6. The minimum absolute atomic E-state index is 0.0628. The van der Waals surface area contributed by atoms with Crippen molar-refractivity contribution in [3.05, 3.63) is 46.8 Å². The minimum Gasteiger partial charge on any atom is -0.495 e. The number of nitrogens with zero attached hydrogens (tertiary/aromatic N) is 1. The van der Waals surface area contributed by atoms with Gasteiger partial charge in [0.2, 0.25) is 0 Å². The first kappa shape index (κ1) is 27.0. The van der Waals surface area contributed by atoms with Crippen molar-refractivity contribution >= 4 is 45.2 Å². The lowest BCUT2D eigenvalue weighted by molar-refractivity contribution is 0.274. The van der Waals surface area contributed by atoms with Crippen LogP contribution in [0.1, 0.15) is 16.9 Å². The van der Waals surface area contributed by atoms with Gasteiger partial charge >= 0.3 is 0 Å². The molecule has 194 valence electrons. The van der Waals surface area contributed by atoms with E-state index in [1.165, 1.54) is 0 Å². The van der Waals surface area contributed by atoms with Crippen LogP contribution in [-0.4, -0.2) is 52.8 Å². The molecule has 3 N–H and O–H groups in total. The normalized spacial score (nSPS) is 17.5. The predicted octanol–water partition coefficient (Wildman–Crippen LogP) is 5.05. The van der Waals surface area contributed by atoms with Gasteiger partial charge in [0.25, 0.3) is 0 Å². The van der Waals surface area contributed by atoms with Gasteiger partial charge in [-0.3, -0.25) is 4.39 Å². The Bertz CT molecular complexity index is 1420. The first-order valence-electron chi connectivity index (χ1n) is 12.3. The Hall–Kier alpha value is -3.03. The molecule has 0 amide bonds. The van der Waals surface area contributed by atoms with Gasteiger partial charge in [-0.1, -0.05) is 24.0 Å². The highest BCUT2D eigenvalue weighted by Gasteiger charge is 2.25. The lowest BCUT2D eigenvalue weighted by Gasteiger charge is -2.31. The molecule has 0 aliphatic carbocycles. The molecule has 6 nitrogen and oxygen atoms in total. The van der Waals surface area contributed by atoms with Crippen molar-refractivity contribution in [3.63, 3.8) is 0 Å². The quantitative estimate of drug-likeness (QED) is 0.275. The number of benzene rings is 2. The standard InChI is InChI=1S/C28H32FN4O2PS/c1-35-26-16-20(36(2,3)34)9-10-24(26)32-14-5-8-27-21(11-13-30)22-6-4-7-25(28(22)37-27)33-23-12-15-31-18-19(23)17-29/h4,6-7,9-10,16,19,23,31-33H,11-12,14-15,17-18H2,1-3H3. The Kier molecular flexibility index (Phi) is 8.77. The van der Waals surface area contributed by atoms with Crippen molar-refractivity contribution in [2.75, 3.05) is 57.4 Å². The van der Waals surface area contributed by atoms with Gasteiger partial charge in [-0.15, -0.1) is 11.3 Å². The van der Waals surface area contributed by atoms with Crippen molar-refractivity contribution in [1.82, 2.24) is 5.32 Å². The highest BCUT2D eigenvalue weighted by atomic mass is 32.1. The Morgan fingerprint density at radius 2 is 2.11 bits per heavy atom. The van der Waals surface area contributed by atoms with Crippen molar-refractivity contribution < 1.29 is 13.7 Å². The number of alkyl halides is 1. The Morgan fingerprint density at radius 3 is 2.84 bits per heavy atom. The first-order valence-corrected chi connectivity index (χ1v) is 15.7. The van der Waals surface area contributed by atoms with Crippen molar-refractivity contribution in [2.24, 2.45) is 5.92 Å².